The van der Waals surface area contributed by atoms with E-state index in [0.29, 0.717) is 26.2 Å². The van der Waals surface area contributed by atoms with Crippen molar-refractivity contribution in [3.8, 4) is 0 Å². The van der Waals surface area contributed by atoms with Crippen molar-refractivity contribution in [2.45, 2.75) is 6.92 Å². The molecule has 0 bridgehead atoms. The number of piperazine rings is 1. The molecule has 2 aliphatic heterocycles. The maximum atomic E-state index is 12.8. The second kappa shape index (κ2) is 8.33. The highest BCUT2D eigenvalue weighted by Gasteiger charge is 2.32. The van der Waals surface area contributed by atoms with Crippen molar-refractivity contribution in [3.63, 3.8) is 0 Å². The molecule has 2 heterocycles. The smallest absolute Gasteiger partial charge is 0.325 e. The van der Waals surface area contributed by atoms with Crippen LogP contribution in [0.2, 0.25) is 5.02 Å². The van der Waals surface area contributed by atoms with Gasteiger partial charge in [0.2, 0.25) is 5.91 Å². The third kappa shape index (κ3) is 4.17. The van der Waals surface area contributed by atoms with Gasteiger partial charge in [0.1, 0.15) is 6.54 Å². The van der Waals surface area contributed by atoms with Gasteiger partial charge in [-0.1, -0.05) is 35.9 Å². The highest BCUT2D eigenvalue weighted by Crippen LogP contribution is 2.25. The summed E-state index contributed by atoms with van der Waals surface area (Å²) in [5.74, 6) is 0.00993. The molecule has 2 saturated heterocycles. The van der Waals surface area contributed by atoms with Gasteiger partial charge in [0, 0.05) is 55.7 Å². The molecule has 0 aliphatic carbocycles. The molecule has 7 heteroatoms. The van der Waals surface area contributed by atoms with Gasteiger partial charge in [-0.25, -0.2) is 4.79 Å². The average molecular weight is 413 g/mol. The van der Waals surface area contributed by atoms with Crippen molar-refractivity contribution in [2.24, 2.45) is 0 Å². The minimum atomic E-state index is -0.0993. The lowest BCUT2D eigenvalue weighted by atomic mass is 10.1. The van der Waals surface area contributed by atoms with Crippen LogP contribution in [0.3, 0.4) is 0 Å². The van der Waals surface area contributed by atoms with E-state index in [1.54, 1.807) is 9.80 Å². The van der Waals surface area contributed by atoms with E-state index in [1.807, 2.05) is 53.4 Å². The van der Waals surface area contributed by atoms with E-state index in [2.05, 4.69) is 11.8 Å². The Labute approximate surface area is 176 Å². The zero-order valence-corrected chi connectivity index (χ0v) is 17.3. The Morgan fingerprint density at radius 3 is 2.41 bits per heavy atom. The predicted molar refractivity (Wildman–Crippen MR) is 116 cm³/mol. The van der Waals surface area contributed by atoms with Crippen molar-refractivity contribution < 1.29 is 9.59 Å². The van der Waals surface area contributed by atoms with Crippen molar-refractivity contribution in [3.05, 3.63) is 59.1 Å². The van der Waals surface area contributed by atoms with Crippen LogP contribution in [0, 0.1) is 6.92 Å². The summed E-state index contributed by atoms with van der Waals surface area (Å²) in [6.07, 6.45) is 0. The second-order valence-corrected chi connectivity index (χ2v) is 7.93. The highest BCUT2D eigenvalue weighted by molar-refractivity contribution is 6.30. The topological polar surface area (TPSA) is 47.1 Å². The van der Waals surface area contributed by atoms with Gasteiger partial charge in [-0.15, -0.1) is 0 Å². The van der Waals surface area contributed by atoms with Crippen molar-refractivity contribution >= 4 is 34.9 Å². The normalized spacial score (nSPS) is 17.2. The Kier molecular flexibility index (Phi) is 5.62. The summed E-state index contributed by atoms with van der Waals surface area (Å²) in [5.41, 5.74) is 3.17. The molecule has 0 aromatic heterocycles. The van der Waals surface area contributed by atoms with E-state index < -0.39 is 0 Å². The number of hydrogen-bond donors (Lipinski definition) is 0. The maximum absolute atomic E-state index is 12.8. The van der Waals surface area contributed by atoms with Crippen LogP contribution in [0.15, 0.2) is 48.5 Å². The van der Waals surface area contributed by atoms with E-state index in [-0.39, 0.29) is 18.5 Å². The van der Waals surface area contributed by atoms with Gasteiger partial charge in [0.25, 0.3) is 0 Å². The predicted octanol–water partition coefficient (Wildman–Crippen LogP) is 3.24. The largest absolute Gasteiger partial charge is 0.368 e. The average Bonchev–Trinajstić information content (AvgIpc) is 3.10. The standard InChI is InChI=1S/C22H25ClN4O2/c1-17-7-8-18(23)15-20(17)24-9-11-25(12-10-24)21(28)16-26-13-14-27(22(26)29)19-5-3-2-4-6-19/h2-8,15H,9-14,16H2,1H3. The van der Waals surface area contributed by atoms with Gasteiger partial charge in [-0.05, 0) is 36.8 Å². The van der Waals surface area contributed by atoms with Crippen LogP contribution in [-0.2, 0) is 4.79 Å². The van der Waals surface area contributed by atoms with Gasteiger partial charge >= 0.3 is 6.03 Å². The molecule has 0 N–H and O–H groups in total. The van der Waals surface area contributed by atoms with Crippen LogP contribution in [-0.4, -0.2) is 67.6 Å². The first kappa shape index (κ1) is 19.6. The summed E-state index contributed by atoms with van der Waals surface area (Å²) >= 11 is 6.15. The van der Waals surface area contributed by atoms with Crippen LogP contribution in [0.5, 0.6) is 0 Å². The number of nitrogens with zero attached hydrogens (tertiary/aromatic N) is 4. The molecule has 0 atom stereocenters. The van der Waals surface area contributed by atoms with Gasteiger partial charge in [-0.2, -0.15) is 0 Å². The van der Waals surface area contributed by atoms with Gasteiger partial charge in [0.15, 0.2) is 0 Å². The Bertz CT molecular complexity index is 897. The molecule has 29 heavy (non-hydrogen) atoms. The van der Waals surface area contributed by atoms with Crippen molar-refractivity contribution in [1.29, 1.82) is 0 Å². The molecule has 2 fully saturated rings. The van der Waals surface area contributed by atoms with Crippen molar-refractivity contribution in [1.82, 2.24) is 9.80 Å². The monoisotopic (exact) mass is 412 g/mol. The summed E-state index contributed by atoms with van der Waals surface area (Å²) in [5, 5.41) is 0.722. The highest BCUT2D eigenvalue weighted by atomic mass is 35.5. The van der Waals surface area contributed by atoms with Crippen molar-refractivity contribution in [2.75, 3.05) is 55.6 Å². The van der Waals surface area contributed by atoms with E-state index in [1.165, 1.54) is 5.56 Å². The molecule has 6 nitrogen and oxygen atoms in total. The van der Waals surface area contributed by atoms with Gasteiger partial charge in [0.05, 0.1) is 0 Å². The van der Waals surface area contributed by atoms with Gasteiger partial charge < -0.3 is 14.7 Å². The first-order chi connectivity index (χ1) is 14.0. The lowest BCUT2D eigenvalue weighted by Gasteiger charge is -2.37. The molecule has 0 unspecified atom stereocenters. The van der Waals surface area contributed by atoms with Crippen LogP contribution in [0.25, 0.3) is 0 Å². The summed E-state index contributed by atoms with van der Waals surface area (Å²) in [4.78, 5) is 33.0. The molecule has 2 aromatic carbocycles. The number of benzene rings is 2. The third-order valence-corrected chi connectivity index (χ3v) is 5.87. The van der Waals surface area contributed by atoms with Crippen LogP contribution in [0.4, 0.5) is 16.2 Å². The Balaban J connectivity index is 1.32. The molecule has 4 rings (SSSR count). The first-order valence-electron chi connectivity index (χ1n) is 9.93. The third-order valence-electron chi connectivity index (χ3n) is 5.63. The first-order valence-corrected chi connectivity index (χ1v) is 10.3. The lowest BCUT2D eigenvalue weighted by molar-refractivity contribution is -0.131. The molecule has 2 aromatic rings. The number of anilines is 2. The zero-order chi connectivity index (χ0) is 20.4. The summed E-state index contributed by atoms with van der Waals surface area (Å²) in [6, 6.07) is 15.4. The Hall–Kier alpha value is -2.73. The van der Waals surface area contributed by atoms with E-state index >= 15 is 0 Å². The molecular formula is C22H25ClN4O2. The second-order valence-electron chi connectivity index (χ2n) is 7.49. The SMILES string of the molecule is Cc1ccc(Cl)cc1N1CCN(C(=O)CN2CCN(c3ccccc3)C2=O)CC1. The number of hydrogen-bond acceptors (Lipinski definition) is 3. The maximum Gasteiger partial charge on any atom is 0.325 e. The number of carbonyl (C=O) groups is 2. The van der Waals surface area contributed by atoms with E-state index in [0.717, 1.165) is 29.5 Å². The van der Waals surface area contributed by atoms with Crippen LogP contribution in [0.1, 0.15) is 5.56 Å². The summed E-state index contributed by atoms with van der Waals surface area (Å²) < 4.78 is 0. The number of carbonyl (C=O) groups excluding carboxylic acids is 2. The quantitative estimate of drug-likeness (QED) is 0.774. The van der Waals surface area contributed by atoms with Gasteiger partial charge in [-0.3, -0.25) is 9.69 Å². The summed E-state index contributed by atoms with van der Waals surface area (Å²) in [6.45, 7) is 6.20. The fraction of sp³-hybridized carbons (Fsp3) is 0.364. The molecule has 152 valence electrons. The number of amides is 3. The minimum absolute atomic E-state index is 0.00993. The number of urea groups is 1. The Morgan fingerprint density at radius 1 is 0.966 bits per heavy atom. The van der Waals surface area contributed by atoms with Crippen LogP contribution < -0.4 is 9.80 Å². The van der Waals surface area contributed by atoms with E-state index in [4.69, 9.17) is 11.6 Å². The lowest BCUT2D eigenvalue weighted by Crippen LogP contribution is -2.51. The molecular weight excluding hydrogens is 388 g/mol. The molecule has 0 radical (unpaired) electrons. The number of aryl methyl sites for hydroxylation is 1. The minimum Gasteiger partial charge on any atom is -0.368 e. The Morgan fingerprint density at radius 2 is 1.69 bits per heavy atom. The van der Waals surface area contributed by atoms with E-state index in [9.17, 15) is 9.59 Å². The number of para-hydroxylation sites is 1. The fourth-order valence-electron chi connectivity index (χ4n) is 3.96. The number of rotatable bonds is 4. The molecule has 0 spiro atoms. The molecule has 3 amide bonds. The molecule has 0 saturated carbocycles. The zero-order valence-electron chi connectivity index (χ0n) is 16.6. The van der Waals surface area contributed by atoms with Crippen LogP contribution >= 0.6 is 11.6 Å². The molecule has 2 aliphatic rings. The fourth-order valence-corrected chi connectivity index (χ4v) is 4.13. The number of halogens is 1. The summed E-state index contributed by atoms with van der Waals surface area (Å²) in [7, 11) is 0.